The van der Waals surface area contributed by atoms with Gasteiger partial charge in [-0.1, -0.05) is 12.1 Å². The van der Waals surface area contributed by atoms with Crippen LogP contribution in [0, 0.1) is 0 Å². The van der Waals surface area contributed by atoms with Gasteiger partial charge in [0.1, 0.15) is 11.6 Å². The van der Waals surface area contributed by atoms with Crippen molar-refractivity contribution in [2.45, 2.75) is 26.4 Å². The molecule has 6 nitrogen and oxygen atoms in total. The van der Waals surface area contributed by atoms with E-state index < -0.39 is 0 Å². The van der Waals surface area contributed by atoms with Crippen molar-refractivity contribution in [3.05, 3.63) is 48.4 Å². The number of hydrogen-bond donors (Lipinski definition) is 2. The van der Waals surface area contributed by atoms with E-state index in [0.717, 1.165) is 34.9 Å². The molecule has 1 unspecified atom stereocenters. The Morgan fingerprint density at radius 1 is 1.24 bits per heavy atom. The van der Waals surface area contributed by atoms with Crippen LogP contribution in [0.4, 0.5) is 11.5 Å². The Morgan fingerprint density at radius 2 is 2.04 bits per heavy atom. The summed E-state index contributed by atoms with van der Waals surface area (Å²) in [7, 11) is 1.94. The molecular formula is C19H25N5O. The van der Waals surface area contributed by atoms with Crippen LogP contribution in [0.1, 0.15) is 25.7 Å². The normalized spacial score (nSPS) is 12.3. The number of fused-ring (bicyclic) bond motifs is 1. The highest BCUT2D eigenvalue weighted by molar-refractivity contribution is 5.76. The van der Waals surface area contributed by atoms with Crippen LogP contribution in [0.5, 0.6) is 0 Å². The standard InChI is InChI=1S/C19H25N5O/c1-4-24-17-8-6-5-7-16(17)22-19(24)14(2)21-18-10-9-15(13-20-18)23(3)11-12-25/h5-10,13-14,25H,4,11-12H2,1-3H3,(H,20,21). The van der Waals surface area contributed by atoms with Crippen molar-refractivity contribution in [2.24, 2.45) is 0 Å². The summed E-state index contributed by atoms with van der Waals surface area (Å²) in [5.41, 5.74) is 3.15. The fourth-order valence-electron chi connectivity index (χ4n) is 3.02. The summed E-state index contributed by atoms with van der Waals surface area (Å²) in [4.78, 5) is 11.2. The molecule has 0 fully saturated rings. The van der Waals surface area contributed by atoms with E-state index in [1.165, 1.54) is 0 Å². The third kappa shape index (κ3) is 3.58. The highest BCUT2D eigenvalue weighted by atomic mass is 16.3. The lowest BCUT2D eigenvalue weighted by atomic mass is 10.3. The van der Waals surface area contributed by atoms with Crippen molar-refractivity contribution in [3.63, 3.8) is 0 Å². The van der Waals surface area contributed by atoms with Crippen LogP contribution >= 0.6 is 0 Å². The lowest BCUT2D eigenvalue weighted by Crippen LogP contribution is -2.21. The van der Waals surface area contributed by atoms with Crippen LogP contribution in [-0.2, 0) is 6.54 Å². The Morgan fingerprint density at radius 3 is 2.72 bits per heavy atom. The van der Waals surface area contributed by atoms with E-state index in [1.54, 1.807) is 0 Å². The van der Waals surface area contributed by atoms with E-state index in [1.807, 2.05) is 48.5 Å². The second-order valence-electron chi connectivity index (χ2n) is 6.12. The zero-order valence-corrected chi connectivity index (χ0v) is 15.0. The highest BCUT2D eigenvalue weighted by Gasteiger charge is 2.16. The number of aliphatic hydroxyl groups excluding tert-OH is 1. The summed E-state index contributed by atoms with van der Waals surface area (Å²) in [5, 5.41) is 12.5. The number of nitrogens with zero attached hydrogens (tertiary/aromatic N) is 4. The molecule has 0 radical (unpaired) electrons. The van der Waals surface area contributed by atoms with E-state index in [4.69, 9.17) is 10.1 Å². The van der Waals surface area contributed by atoms with Crippen LogP contribution in [0.25, 0.3) is 11.0 Å². The van der Waals surface area contributed by atoms with Gasteiger partial charge < -0.3 is 19.9 Å². The molecule has 2 aromatic heterocycles. The Bertz CT molecular complexity index is 827. The van der Waals surface area contributed by atoms with Gasteiger partial charge in [0, 0.05) is 20.1 Å². The first-order valence-corrected chi connectivity index (χ1v) is 8.63. The van der Waals surface area contributed by atoms with Crippen molar-refractivity contribution < 1.29 is 5.11 Å². The number of hydrogen-bond acceptors (Lipinski definition) is 5. The minimum Gasteiger partial charge on any atom is -0.395 e. The maximum absolute atomic E-state index is 9.02. The number of likely N-dealkylation sites (N-methyl/N-ethyl adjacent to an activating group) is 1. The molecule has 6 heteroatoms. The number of imidazole rings is 1. The predicted octanol–water partition coefficient (Wildman–Crippen LogP) is 3.05. The summed E-state index contributed by atoms with van der Waals surface area (Å²) in [5.74, 6) is 1.82. The fraction of sp³-hybridized carbons (Fsp3) is 0.368. The quantitative estimate of drug-likeness (QED) is 0.692. The number of aryl methyl sites for hydroxylation is 1. The van der Waals surface area contributed by atoms with Gasteiger partial charge in [0.05, 0.1) is 35.6 Å². The Kier molecular flexibility index (Phi) is 5.19. The molecule has 3 aromatic rings. The molecule has 0 saturated heterocycles. The van der Waals surface area contributed by atoms with Crippen LogP contribution in [0.3, 0.4) is 0 Å². The number of anilines is 2. The number of pyridine rings is 1. The van der Waals surface area contributed by atoms with Gasteiger partial charge in [-0.05, 0) is 38.1 Å². The zero-order valence-electron chi connectivity index (χ0n) is 15.0. The highest BCUT2D eigenvalue weighted by Crippen LogP contribution is 2.23. The average Bonchev–Trinajstić information content (AvgIpc) is 3.01. The van der Waals surface area contributed by atoms with Gasteiger partial charge in [0.25, 0.3) is 0 Å². The van der Waals surface area contributed by atoms with Crippen LogP contribution in [-0.4, -0.2) is 39.8 Å². The monoisotopic (exact) mass is 339 g/mol. The number of aliphatic hydroxyl groups is 1. The first-order chi connectivity index (χ1) is 12.1. The maximum Gasteiger partial charge on any atom is 0.132 e. The van der Waals surface area contributed by atoms with Gasteiger partial charge in [-0.15, -0.1) is 0 Å². The van der Waals surface area contributed by atoms with E-state index in [0.29, 0.717) is 6.54 Å². The molecule has 132 valence electrons. The second-order valence-corrected chi connectivity index (χ2v) is 6.12. The molecule has 0 aliphatic heterocycles. The smallest absolute Gasteiger partial charge is 0.132 e. The van der Waals surface area contributed by atoms with Crippen molar-refractivity contribution in [3.8, 4) is 0 Å². The summed E-state index contributed by atoms with van der Waals surface area (Å²) in [6.45, 7) is 5.82. The number of benzene rings is 1. The molecule has 25 heavy (non-hydrogen) atoms. The summed E-state index contributed by atoms with van der Waals surface area (Å²) < 4.78 is 2.23. The number of nitrogens with one attached hydrogen (secondary N) is 1. The Labute approximate surface area is 148 Å². The molecule has 1 atom stereocenters. The summed E-state index contributed by atoms with van der Waals surface area (Å²) in [6, 6.07) is 12.2. The maximum atomic E-state index is 9.02. The zero-order chi connectivity index (χ0) is 17.8. The number of rotatable bonds is 7. The molecule has 1 aromatic carbocycles. The number of aromatic nitrogens is 3. The summed E-state index contributed by atoms with van der Waals surface area (Å²) >= 11 is 0. The van der Waals surface area contributed by atoms with Crippen molar-refractivity contribution in [1.29, 1.82) is 0 Å². The SMILES string of the molecule is CCn1c(C(C)Nc2ccc(N(C)CCO)cn2)nc2ccccc21. The van der Waals surface area contributed by atoms with Crippen LogP contribution in [0.2, 0.25) is 0 Å². The fourth-order valence-corrected chi connectivity index (χ4v) is 3.02. The van der Waals surface area contributed by atoms with Crippen molar-refractivity contribution in [1.82, 2.24) is 14.5 Å². The van der Waals surface area contributed by atoms with Crippen LogP contribution in [0.15, 0.2) is 42.6 Å². The lowest BCUT2D eigenvalue weighted by Gasteiger charge is -2.19. The van der Waals surface area contributed by atoms with Gasteiger partial charge in [-0.25, -0.2) is 9.97 Å². The largest absolute Gasteiger partial charge is 0.395 e. The number of para-hydroxylation sites is 2. The second kappa shape index (κ2) is 7.53. The van der Waals surface area contributed by atoms with Gasteiger partial charge in [0.2, 0.25) is 0 Å². The lowest BCUT2D eigenvalue weighted by molar-refractivity contribution is 0.304. The molecule has 3 rings (SSSR count). The van der Waals surface area contributed by atoms with Crippen molar-refractivity contribution >= 4 is 22.5 Å². The molecular weight excluding hydrogens is 314 g/mol. The Hall–Kier alpha value is -2.60. The average molecular weight is 339 g/mol. The van der Waals surface area contributed by atoms with Crippen molar-refractivity contribution in [2.75, 3.05) is 30.4 Å². The van der Waals surface area contributed by atoms with E-state index in [2.05, 4.69) is 34.8 Å². The van der Waals surface area contributed by atoms with E-state index in [9.17, 15) is 0 Å². The topological polar surface area (TPSA) is 66.2 Å². The predicted molar refractivity (Wildman–Crippen MR) is 102 cm³/mol. The minimum atomic E-state index is 0.0425. The first-order valence-electron chi connectivity index (χ1n) is 8.63. The molecule has 2 N–H and O–H groups in total. The molecule has 0 spiro atoms. The molecule has 2 heterocycles. The molecule has 0 saturated carbocycles. The molecule has 0 aliphatic rings. The van der Waals surface area contributed by atoms with Crippen LogP contribution < -0.4 is 10.2 Å². The van der Waals surface area contributed by atoms with Gasteiger partial charge in [-0.2, -0.15) is 0 Å². The van der Waals surface area contributed by atoms with E-state index in [-0.39, 0.29) is 12.6 Å². The Balaban J connectivity index is 1.79. The molecule has 0 bridgehead atoms. The summed E-state index contributed by atoms with van der Waals surface area (Å²) in [6.07, 6.45) is 1.81. The molecule has 0 amide bonds. The third-order valence-electron chi connectivity index (χ3n) is 4.38. The minimum absolute atomic E-state index is 0.0425. The molecule has 0 aliphatic carbocycles. The first kappa shape index (κ1) is 17.2. The van der Waals surface area contributed by atoms with E-state index >= 15 is 0 Å². The van der Waals surface area contributed by atoms with Gasteiger partial charge in [0.15, 0.2) is 0 Å². The third-order valence-corrected chi connectivity index (χ3v) is 4.38. The van der Waals surface area contributed by atoms with Gasteiger partial charge >= 0.3 is 0 Å². The van der Waals surface area contributed by atoms with Gasteiger partial charge in [-0.3, -0.25) is 0 Å².